The summed E-state index contributed by atoms with van der Waals surface area (Å²) in [6.45, 7) is 8.67. The number of pyridine rings is 2. The average molecular weight is 367 g/mol. The van der Waals surface area contributed by atoms with Gasteiger partial charge in [0.1, 0.15) is 12.4 Å². The van der Waals surface area contributed by atoms with Crippen molar-refractivity contribution in [2.45, 2.75) is 39.7 Å². The number of aromatic nitrogens is 2. The number of nitrogens with two attached hydrogens (primary N) is 1. The first-order chi connectivity index (χ1) is 12.7. The first-order valence-corrected chi connectivity index (χ1v) is 9.18. The van der Waals surface area contributed by atoms with Gasteiger partial charge < -0.3 is 10.5 Å². The van der Waals surface area contributed by atoms with Gasteiger partial charge >= 0.3 is 0 Å². The largest absolute Gasteiger partial charge is 0.476 e. The number of ether oxygens (including phenoxy) is 1. The molecule has 2 N–H and O–H groups in total. The molecule has 0 radical (unpaired) electrons. The summed E-state index contributed by atoms with van der Waals surface area (Å²) in [5.74, 6) is 0.796. The van der Waals surface area contributed by atoms with E-state index < -0.39 is 5.54 Å². The minimum atomic E-state index is -0.396. The van der Waals surface area contributed by atoms with Crippen molar-refractivity contribution in [1.29, 1.82) is 0 Å². The van der Waals surface area contributed by atoms with Crippen molar-refractivity contribution in [3.8, 4) is 17.0 Å². The Balaban J connectivity index is 1.85. The van der Waals surface area contributed by atoms with Crippen LogP contribution in [0.25, 0.3) is 22.0 Å². The smallest absolute Gasteiger partial charge is 0.216 e. The number of rotatable bonds is 6. The van der Waals surface area contributed by atoms with Crippen molar-refractivity contribution >= 4 is 10.9 Å². The lowest BCUT2D eigenvalue weighted by molar-refractivity contribution is 0.199. The van der Waals surface area contributed by atoms with Gasteiger partial charge in [-0.05, 0) is 56.0 Å². The Morgan fingerprint density at radius 1 is 1.19 bits per heavy atom. The van der Waals surface area contributed by atoms with Crippen molar-refractivity contribution in [3.05, 3.63) is 54.1 Å². The molecule has 2 heterocycles. The summed E-state index contributed by atoms with van der Waals surface area (Å²) in [4.78, 5) is 8.74. The van der Waals surface area contributed by atoms with Crippen LogP contribution in [0.3, 0.4) is 0 Å². The second-order valence-electron chi connectivity index (χ2n) is 7.91. The highest BCUT2D eigenvalue weighted by Gasteiger charge is 2.21. The van der Waals surface area contributed by atoms with Crippen molar-refractivity contribution in [2.75, 3.05) is 6.61 Å². The Bertz CT molecular complexity index is 953. The molecule has 1 aromatic carbocycles. The summed E-state index contributed by atoms with van der Waals surface area (Å²) in [6.07, 6.45) is 4.34. The summed E-state index contributed by atoms with van der Waals surface area (Å²) in [7, 11) is 0. The predicted octanol–water partition coefficient (Wildman–Crippen LogP) is 4.89. The van der Waals surface area contributed by atoms with Crippen LogP contribution in [0.15, 0.2) is 42.7 Å². The van der Waals surface area contributed by atoms with Gasteiger partial charge in [0.15, 0.2) is 0 Å². The Hall–Kier alpha value is -2.53. The van der Waals surface area contributed by atoms with Gasteiger partial charge in [-0.1, -0.05) is 13.8 Å². The topological polar surface area (TPSA) is 61.0 Å². The zero-order valence-corrected chi connectivity index (χ0v) is 16.3. The van der Waals surface area contributed by atoms with E-state index in [1.807, 2.05) is 26.0 Å². The molecule has 4 nitrogen and oxygen atoms in total. The number of hydrogen-bond acceptors (Lipinski definition) is 4. The second kappa shape index (κ2) is 7.61. The molecule has 0 saturated carbocycles. The molecule has 0 spiro atoms. The quantitative estimate of drug-likeness (QED) is 0.674. The Morgan fingerprint density at radius 3 is 2.67 bits per heavy atom. The highest BCUT2D eigenvalue weighted by molar-refractivity contribution is 5.94. The lowest BCUT2D eigenvalue weighted by Gasteiger charge is -2.26. The Kier molecular flexibility index (Phi) is 5.42. The molecule has 0 bridgehead atoms. The molecule has 2 aromatic heterocycles. The van der Waals surface area contributed by atoms with Crippen molar-refractivity contribution in [1.82, 2.24) is 9.97 Å². The fourth-order valence-corrected chi connectivity index (χ4v) is 3.46. The first kappa shape index (κ1) is 19.2. The molecule has 5 heteroatoms. The lowest BCUT2D eigenvalue weighted by atomic mass is 9.93. The monoisotopic (exact) mass is 367 g/mol. The summed E-state index contributed by atoms with van der Waals surface area (Å²) >= 11 is 0. The van der Waals surface area contributed by atoms with Gasteiger partial charge in [0.2, 0.25) is 5.88 Å². The van der Waals surface area contributed by atoms with Crippen LogP contribution >= 0.6 is 0 Å². The van der Waals surface area contributed by atoms with Gasteiger partial charge in [-0.2, -0.15) is 0 Å². The minimum absolute atomic E-state index is 0.295. The maximum absolute atomic E-state index is 13.5. The van der Waals surface area contributed by atoms with Gasteiger partial charge in [0.25, 0.3) is 0 Å². The van der Waals surface area contributed by atoms with E-state index in [2.05, 4.69) is 23.8 Å². The van der Waals surface area contributed by atoms with Crippen LogP contribution in [0.4, 0.5) is 4.39 Å². The fourth-order valence-electron chi connectivity index (χ4n) is 3.46. The second-order valence-corrected chi connectivity index (χ2v) is 7.91. The van der Waals surface area contributed by atoms with E-state index >= 15 is 0 Å². The van der Waals surface area contributed by atoms with E-state index in [-0.39, 0.29) is 5.82 Å². The molecule has 0 aliphatic carbocycles. The standard InChI is InChI=1S/C22H26FN3O/c1-14(2)11-22(4,24)13-27-21-15(3)9-16(12-26-21)18-7-8-25-20-10-17(23)5-6-19(18)20/h5-10,12,14H,11,13,24H2,1-4H3/t22-/m0/s1. The third kappa shape index (κ3) is 4.61. The molecule has 0 amide bonds. The Labute approximate surface area is 159 Å². The molecule has 3 aromatic rings. The van der Waals surface area contributed by atoms with Gasteiger partial charge in [-0.25, -0.2) is 9.37 Å². The van der Waals surface area contributed by atoms with Gasteiger partial charge in [0.05, 0.1) is 5.52 Å². The van der Waals surface area contributed by atoms with E-state index in [4.69, 9.17) is 10.5 Å². The molecule has 0 aliphatic heterocycles. The van der Waals surface area contributed by atoms with Crippen LogP contribution in [-0.2, 0) is 0 Å². The number of fused-ring (bicyclic) bond motifs is 1. The van der Waals surface area contributed by atoms with E-state index in [9.17, 15) is 4.39 Å². The number of aryl methyl sites for hydroxylation is 1. The third-order valence-corrected chi connectivity index (χ3v) is 4.46. The molecule has 142 valence electrons. The molecule has 1 atom stereocenters. The predicted molar refractivity (Wildman–Crippen MR) is 107 cm³/mol. The molecule has 0 aliphatic rings. The zero-order valence-electron chi connectivity index (χ0n) is 16.3. The number of benzene rings is 1. The summed E-state index contributed by atoms with van der Waals surface area (Å²) in [6, 6.07) is 8.57. The van der Waals surface area contributed by atoms with Crippen molar-refractivity contribution < 1.29 is 9.13 Å². The van der Waals surface area contributed by atoms with Crippen LogP contribution in [0.1, 0.15) is 32.8 Å². The number of hydrogen-bond donors (Lipinski definition) is 1. The maximum Gasteiger partial charge on any atom is 0.216 e. The third-order valence-electron chi connectivity index (χ3n) is 4.46. The SMILES string of the molecule is Cc1cc(-c2ccnc3cc(F)ccc23)cnc1OC[C@@](C)(N)CC(C)C. The van der Waals surface area contributed by atoms with Crippen LogP contribution in [0.2, 0.25) is 0 Å². The first-order valence-electron chi connectivity index (χ1n) is 9.18. The molecule has 0 saturated heterocycles. The minimum Gasteiger partial charge on any atom is -0.476 e. The van der Waals surface area contributed by atoms with E-state index in [0.29, 0.717) is 23.9 Å². The molecular weight excluding hydrogens is 341 g/mol. The average Bonchev–Trinajstić information content (AvgIpc) is 2.58. The molecule has 3 rings (SSSR count). The van der Waals surface area contributed by atoms with Crippen LogP contribution in [-0.4, -0.2) is 22.1 Å². The highest BCUT2D eigenvalue weighted by Crippen LogP contribution is 2.30. The van der Waals surface area contributed by atoms with Gasteiger partial charge in [0, 0.05) is 40.5 Å². The summed E-state index contributed by atoms with van der Waals surface area (Å²) in [5, 5.41) is 0.889. The van der Waals surface area contributed by atoms with Crippen LogP contribution in [0.5, 0.6) is 5.88 Å². The lowest BCUT2D eigenvalue weighted by Crippen LogP contribution is -2.43. The Morgan fingerprint density at radius 2 is 1.96 bits per heavy atom. The fraction of sp³-hybridized carbons (Fsp3) is 0.364. The van der Waals surface area contributed by atoms with Crippen molar-refractivity contribution in [2.24, 2.45) is 11.7 Å². The van der Waals surface area contributed by atoms with Crippen LogP contribution < -0.4 is 10.5 Å². The summed E-state index contributed by atoms with van der Waals surface area (Å²) < 4.78 is 19.4. The van der Waals surface area contributed by atoms with E-state index in [1.54, 1.807) is 18.5 Å². The molecular formula is C22H26FN3O. The van der Waals surface area contributed by atoms with Gasteiger partial charge in [-0.3, -0.25) is 4.98 Å². The normalized spacial score (nSPS) is 13.7. The highest BCUT2D eigenvalue weighted by atomic mass is 19.1. The molecule has 0 fully saturated rings. The maximum atomic E-state index is 13.5. The van der Waals surface area contributed by atoms with E-state index in [1.165, 1.54) is 12.1 Å². The number of nitrogens with zero attached hydrogens (tertiary/aromatic N) is 2. The van der Waals surface area contributed by atoms with Gasteiger partial charge in [-0.15, -0.1) is 0 Å². The van der Waals surface area contributed by atoms with Crippen LogP contribution in [0, 0.1) is 18.7 Å². The van der Waals surface area contributed by atoms with Crippen molar-refractivity contribution in [3.63, 3.8) is 0 Å². The molecule has 0 unspecified atom stereocenters. The summed E-state index contributed by atoms with van der Waals surface area (Å²) in [5.41, 5.74) is 9.38. The van der Waals surface area contributed by atoms with E-state index in [0.717, 1.165) is 28.5 Å². The zero-order chi connectivity index (χ0) is 19.6. The molecule has 27 heavy (non-hydrogen) atoms. The number of halogens is 1.